The fourth-order valence-corrected chi connectivity index (χ4v) is 3.95. The van der Waals surface area contributed by atoms with Crippen molar-refractivity contribution in [3.05, 3.63) is 41.1 Å². The lowest BCUT2D eigenvalue weighted by atomic mass is 10.2. The number of aryl methyl sites for hydroxylation is 1. The first-order valence-electron chi connectivity index (χ1n) is 9.84. The van der Waals surface area contributed by atoms with E-state index in [1.54, 1.807) is 0 Å². The molecule has 0 amide bonds. The van der Waals surface area contributed by atoms with Gasteiger partial charge in [-0.3, -0.25) is 14.9 Å². The van der Waals surface area contributed by atoms with E-state index in [-0.39, 0.29) is 12.1 Å². The number of nitrogens with one attached hydrogen (secondary N) is 1. The first-order valence-corrected chi connectivity index (χ1v) is 9.84. The number of rotatable bonds is 8. The van der Waals surface area contributed by atoms with Gasteiger partial charge in [-0.15, -0.1) is 0 Å². The highest BCUT2D eigenvalue weighted by molar-refractivity contribution is 5.17. The van der Waals surface area contributed by atoms with Crippen LogP contribution in [0.1, 0.15) is 55.0 Å². The molecular weight excluding hydrogens is 328 g/mol. The van der Waals surface area contributed by atoms with E-state index in [2.05, 4.69) is 52.2 Å². The SMILES string of the molecule is CCCc1ccc(CN2C[C@@H](O)[C@H](N(C)Cc3cc(C4CC4)n[nH]3)C2)o1. The second kappa shape index (κ2) is 7.55. The van der Waals surface area contributed by atoms with Gasteiger partial charge >= 0.3 is 0 Å². The van der Waals surface area contributed by atoms with Crippen molar-refractivity contribution >= 4 is 0 Å². The Balaban J connectivity index is 1.31. The fraction of sp³-hybridized carbons (Fsp3) is 0.650. The summed E-state index contributed by atoms with van der Waals surface area (Å²) in [5, 5.41) is 18.1. The maximum atomic E-state index is 10.5. The molecule has 4 rings (SSSR count). The van der Waals surface area contributed by atoms with Crippen molar-refractivity contribution in [1.29, 1.82) is 0 Å². The summed E-state index contributed by atoms with van der Waals surface area (Å²) in [5.41, 5.74) is 2.33. The summed E-state index contributed by atoms with van der Waals surface area (Å²) in [6, 6.07) is 6.46. The molecule has 0 aromatic carbocycles. The Morgan fingerprint density at radius 2 is 2.12 bits per heavy atom. The Bertz CT molecular complexity index is 721. The van der Waals surface area contributed by atoms with Gasteiger partial charge in [-0.1, -0.05) is 6.92 Å². The zero-order chi connectivity index (χ0) is 18.1. The number of aliphatic hydroxyl groups excluding tert-OH is 1. The summed E-state index contributed by atoms with van der Waals surface area (Å²) in [4.78, 5) is 4.52. The molecule has 1 saturated heterocycles. The Kier molecular flexibility index (Phi) is 5.16. The average Bonchev–Trinajstić information content (AvgIpc) is 3.00. The van der Waals surface area contributed by atoms with Gasteiger partial charge in [0.05, 0.1) is 18.3 Å². The number of likely N-dealkylation sites (N-methyl/N-ethyl adjacent to an activating group) is 1. The zero-order valence-electron chi connectivity index (χ0n) is 15.8. The smallest absolute Gasteiger partial charge is 0.118 e. The molecule has 26 heavy (non-hydrogen) atoms. The molecule has 6 heteroatoms. The van der Waals surface area contributed by atoms with Crippen molar-refractivity contribution in [3.63, 3.8) is 0 Å². The van der Waals surface area contributed by atoms with Crippen LogP contribution in [0.3, 0.4) is 0 Å². The monoisotopic (exact) mass is 358 g/mol. The van der Waals surface area contributed by atoms with Crippen LogP contribution in [0.25, 0.3) is 0 Å². The van der Waals surface area contributed by atoms with E-state index in [9.17, 15) is 5.11 Å². The van der Waals surface area contributed by atoms with Gasteiger partial charge < -0.3 is 9.52 Å². The third-order valence-electron chi connectivity index (χ3n) is 5.56. The van der Waals surface area contributed by atoms with E-state index in [1.807, 2.05) is 0 Å². The Morgan fingerprint density at radius 1 is 1.31 bits per heavy atom. The molecule has 1 aliphatic heterocycles. The molecule has 6 nitrogen and oxygen atoms in total. The number of likely N-dealkylation sites (tertiary alicyclic amines) is 1. The lowest BCUT2D eigenvalue weighted by Crippen LogP contribution is -2.40. The topological polar surface area (TPSA) is 68.5 Å². The van der Waals surface area contributed by atoms with Crippen molar-refractivity contribution in [2.24, 2.45) is 0 Å². The van der Waals surface area contributed by atoms with Gasteiger partial charge in [0.15, 0.2) is 0 Å². The standard InChI is InChI=1S/C20H30N4O2/c1-3-4-16-7-8-17(26-16)11-24-12-19(20(25)13-24)23(2)10-15-9-18(22-21-15)14-5-6-14/h7-9,14,19-20,25H,3-6,10-13H2,1-2H3,(H,21,22)/t19-,20-/m1/s1. The van der Waals surface area contributed by atoms with Crippen LogP contribution in [-0.4, -0.2) is 57.4 Å². The number of β-amino-alcohol motifs (C(OH)–C–C–N with tert-alkyl or cyclic N) is 1. The number of furan rings is 1. The van der Waals surface area contributed by atoms with E-state index in [4.69, 9.17) is 4.42 Å². The molecule has 2 fully saturated rings. The predicted molar refractivity (Wildman–Crippen MR) is 99.8 cm³/mol. The number of aliphatic hydroxyl groups is 1. The summed E-state index contributed by atoms with van der Waals surface area (Å²) in [7, 11) is 2.08. The minimum atomic E-state index is -0.337. The minimum Gasteiger partial charge on any atom is -0.465 e. The molecule has 1 saturated carbocycles. The maximum absolute atomic E-state index is 10.5. The third kappa shape index (κ3) is 4.03. The molecule has 0 radical (unpaired) electrons. The van der Waals surface area contributed by atoms with Crippen molar-refractivity contribution < 1.29 is 9.52 Å². The van der Waals surface area contributed by atoms with Crippen molar-refractivity contribution in [3.8, 4) is 0 Å². The van der Waals surface area contributed by atoms with Gasteiger partial charge in [0.25, 0.3) is 0 Å². The summed E-state index contributed by atoms with van der Waals surface area (Å²) >= 11 is 0. The van der Waals surface area contributed by atoms with E-state index in [1.165, 1.54) is 18.5 Å². The van der Waals surface area contributed by atoms with Crippen LogP contribution in [0.2, 0.25) is 0 Å². The molecule has 3 heterocycles. The highest BCUT2D eigenvalue weighted by Gasteiger charge is 2.34. The minimum absolute atomic E-state index is 0.132. The molecule has 0 spiro atoms. The third-order valence-corrected chi connectivity index (χ3v) is 5.56. The molecule has 2 aromatic rings. The normalized spacial score (nSPS) is 24.0. The first kappa shape index (κ1) is 17.8. The number of nitrogens with zero attached hydrogens (tertiary/aromatic N) is 3. The van der Waals surface area contributed by atoms with Crippen LogP contribution in [-0.2, 0) is 19.5 Å². The van der Waals surface area contributed by atoms with E-state index >= 15 is 0 Å². The fourth-order valence-electron chi connectivity index (χ4n) is 3.95. The Labute approximate surface area is 155 Å². The highest BCUT2D eigenvalue weighted by Crippen LogP contribution is 2.39. The van der Waals surface area contributed by atoms with E-state index < -0.39 is 0 Å². The number of hydrogen-bond acceptors (Lipinski definition) is 5. The molecular formula is C20H30N4O2. The van der Waals surface area contributed by atoms with Crippen molar-refractivity contribution in [2.45, 2.75) is 63.8 Å². The molecule has 2 aliphatic rings. The van der Waals surface area contributed by atoms with E-state index in [0.29, 0.717) is 12.5 Å². The van der Waals surface area contributed by atoms with Crippen LogP contribution < -0.4 is 0 Å². The van der Waals surface area contributed by atoms with Gasteiger partial charge in [-0.05, 0) is 44.5 Å². The maximum Gasteiger partial charge on any atom is 0.118 e. The van der Waals surface area contributed by atoms with Crippen molar-refractivity contribution in [1.82, 2.24) is 20.0 Å². The lowest BCUT2D eigenvalue weighted by Gasteiger charge is -2.25. The van der Waals surface area contributed by atoms with Gasteiger partial charge in [0.1, 0.15) is 11.5 Å². The van der Waals surface area contributed by atoms with Crippen LogP contribution >= 0.6 is 0 Å². The molecule has 0 bridgehead atoms. The van der Waals surface area contributed by atoms with Crippen LogP contribution in [0.15, 0.2) is 22.6 Å². The van der Waals surface area contributed by atoms with Gasteiger partial charge in [-0.25, -0.2) is 0 Å². The Morgan fingerprint density at radius 3 is 2.88 bits per heavy atom. The summed E-state index contributed by atoms with van der Waals surface area (Å²) in [6.45, 7) is 5.25. The molecule has 2 aromatic heterocycles. The number of aromatic amines is 1. The Hall–Kier alpha value is -1.63. The molecule has 2 atom stereocenters. The number of H-pyrrole nitrogens is 1. The largest absolute Gasteiger partial charge is 0.465 e. The number of aromatic nitrogens is 2. The van der Waals surface area contributed by atoms with Gasteiger partial charge in [0.2, 0.25) is 0 Å². The molecule has 0 unspecified atom stereocenters. The van der Waals surface area contributed by atoms with Gasteiger partial charge in [-0.2, -0.15) is 5.10 Å². The molecule has 2 N–H and O–H groups in total. The summed E-state index contributed by atoms with van der Waals surface area (Å²) < 4.78 is 5.89. The van der Waals surface area contributed by atoms with Crippen molar-refractivity contribution in [2.75, 3.05) is 20.1 Å². The predicted octanol–water partition coefficient (Wildman–Crippen LogP) is 2.51. The average molecular weight is 358 g/mol. The molecule has 142 valence electrons. The van der Waals surface area contributed by atoms with Crippen LogP contribution in [0.4, 0.5) is 0 Å². The van der Waals surface area contributed by atoms with Crippen LogP contribution in [0.5, 0.6) is 0 Å². The second-order valence-electron chi connectivity index (χ2n) is 7.95. The van der Waals surface area contributed by atoms with Crippen LogP contribution in [0, 0.1) is 0 Å². The number of hydrogen-bond donors (Lipinski definition) is 2. The summed E-state index contributed by atoms with van der Waals surface area (Å²) in [5.74, 6) is 2.72. The molecule has 1 aliphatic carbocycles. The second-order valence-corrected chi connectivity index (χ2v) is 7.95. The zero-order valence-corrected chi connectivity index (χ0v) is 15.8. The van der Waals surface area contributed by atoms with Gasteiger partial charge in [0, 0.05) is 43.7 Å². The summed E-state index contributed by atoms with van der Waals surface area (Å²) in [6.07, 6.45) is 4.28. The van der Waals surface area contributed by atoms with E-state index in [0.717, 1.165) is 49.7 Å². The first-order chi connectivity index (χ1) is 12.6. The highest BCUT2D eigenvalue weighted by atomic mass is 16.3. The lowest BCUT2D eigenvalue weighted by molar-refractivity contribution is 0.0942. The quantitative estimate of drug-likeness (QED) is 0.759.